The summed E-state index contributed by atoms with van der Waals surface area (Å²) in [6, 6.07) is 6.09. The zero-order valence-electron chi connectivity index (χ0n) is 11.1. The molecule has 1 aliphatic heterocycles. The Morgan fingerprint density at radius 3 is 2.95 bits per heavy atom. The summed E-state index contributed by atoms with van der Waals surface area (Å²) in [7, 11) is 0. The molecule has 0 amide bonds. The van der Waals surface area contributed by atoms with Crippen LogP contribution in [0.25, 0.3) is 11.1 Å². The molecule has 5 nitrogen and oxygen atoms in total. The van der Waals surface area contributed by atoms with Crippen LogP contribution in [0.2, 0.25) is 0 Å². The van der Waals surface area contributed by atoms with E-state index in [4.69, 9.17) is 14.9 Å². The third kappa shape index (κ3) is 2.49. The summed E-state index contributed by atoms with van der Waals surface area (Å²) in [4.78, 5) is 4.34. The predicted octanol–water partition coefficient (Wildman–Crippen LogP) is 1.20. The molecule has 0 radical (unpaired) electrons. The highest BCUT2D eigenvalue weighted by atomic mass is 16.5. The number of nitrogens with two attached hydrogens (primary N) is 1. The predicted molar refractivity (Wildman–Crippen MR) is 72.8 cm³/mol. The number of benzene rings is 1. The molecule has 1 aromatic carbocycles. The number of rotatable bonds is 5. The van der Waals surface area contributed by atoms with E-state index in [0.717, 1.165) is 37.4 Å². The van der Waals surface area contributed by atoms with Gasteiger partial charge in [0, 0.05) is 32.0 Å². The molecule has 3 N–H and O–H groups in total. The summed E-state index contributed by atoms with van der Waals surface area (Å²) in [5.41, 5.74) is 8.87. The minimum absolute atomic E-state index is 0.134. The minimum Gasteiger partial charge on any atom is -0.441 e. The number of nitrogens with zero attached hydrogens (tertiary/aromatic N) is 1. The topological polar surface area (TPSA) is 73.3 Å². The Balaban J connectivity index is 1.62. The summed E-state index contributed by atoms with van der Waals surface area (Å²) in [5.74, 6) is 0.703. The molecule has 1 saturated heterocycles. The van der Waals surface area contributed by atoms with Crippen molar-refractivity contribution in [1.29, 1.82) is 0 Å². The zero-order valence-corrected chi connectivity index (χ0v) is 11.1. The molecular formula is C14H19N3O2. The summed E-state index contributed by atoms with van der Waals surface area (Å²) in [6.45, 7) is 5.75. The summed E-state index contributed by atoms with van der Waals surface area (Å²) in [5, 5.41) is 3.45. The second-order valence-corrected chi connectivity index (χ2v) is 5.34. The molecule has 3 rings (SSSR count). The number of hydrogen-bond donors (Lipinski definition) is 2. The molecule has 5 heteroatoms. The van der Waals surface area contributed by atoms with Gasteiger partial charge in [0.15, 0.2) is 11.5 Å². The molecule has 1 aromatic heterocycles. The molecule has 102 valence electrons. The van der Waals surface area contributed by atoms with Crippen LogP contribution >= 0.6 is 0 Å². The molecule has 0 bridgehead atoms. The van der Waals surface area contributed by atoms with Gasteiger partial charge in [0.25, 0.3) is 0 Å². The van der Waals surface area contributed by atoms with Crippen LogP contribution in [0.3, 0.4) is 0 Å². The first-order valence-corrected chi connectivity index (χ1v) is 6.55. The lowest BCUT2D eigenvalue weighted by Gasteiger charge is -2.40. The molecule has 0 unspecified atom stereocenters. The summed E-state index contributed by atoms with van der Waals surface area (Å²) in [6.07, 6.45) is 0. The maximum absolute atomic E-state index is 5.78. The van der Waals surface area contributed by atoms with E-state index >= 15 is 0 Å². The first-order valence-electron chi connectivity index (χ1n) is 6.55. The molecule has 0 saturated carbocycles. The largest absolute Gasteiger partial charge is 0.441 e. The molecule has 19 heavy (non-hydrogen) atoms. The van der Waals surface area contributed by atoms with Crippen LogP contribution in [0.5, 0.6) is 0 Å². The van der Waals surface area contributed by atoms with Gasteiger partial charge in [0.05, 0.1) is 13.2 Å². The second-order valence-electron chi connectivity index (χ2n) is 5.34. The van der Waals surface area contributed by atoms with Gasteiger partial charge in [0.2, 0.25) is 0 Å². The van der Waals surface area contributed by atoms with Gasteiger partial charge in [-0.15, -0.1) is 0 Å². The number of ether oxygens (including phenoxy) is 1. The fraction of sp³-hybridized carbons (Fsp3) is 0.500. The van der Waals surface area contributed by atoms with E-state index < -0.39 is 0 Å². The molecule has 1 fully saturated rings. The third-order valence-electron chi connectivity index (χ3n) is 3.64. The first kappa shape index (κ1) is 12.6. The van der Waals surface area contributed by atoms with Crippen molar-refractivity contribution in [3.8, 4) is 0 Å². The summed E-state index contributed by atoms with van der Waals surface area (Å²) < 4.78 is 10.7. The van der Waals surface area contributed by atoms with E-state index in [0.29, 0.717) is 12.4 Å². The average molecular weight is 261 g/mol. The van der Waals surface area contributed by atoms with Crippen LogP contribution in [0.4, 0.5) is 0 Å². The minimum atomic E-state index is 0.134. The molecular weight excluding hydrogens is 242 g/mol. The first-order chi connectivity index (χ1) is 9.21. The van der Waals surface area contributed by atoms with Crippen LogP contribution in [-0.4, -0.2) is 31.3 Å². The van der Waals surface area contributed by atoms with E-state index in [9.17, 15) is 0 Å². The lowest BCUT2D eigenvalue weighted by molar-refractivity contribution is -0.105. The standard InChI is InChI=1S/C14H19N3O2/c1-10-17-12-4-11(2-3-13(12)19-10)5-16-7-14(6-15)8-18-9-14/h2-4,16H,5-9,15H2,1H3. The van der Waals surface area contributed by atoms with Gasteiger partial charge in [-0.1, -0.05) is 6.07 Å². The number of nitrogens with one attached hydrogen (secondary N) is 1. The average Bonchev–Trinajstić information content (AvgIpc) is 2.72. The van der Waals surface area contributed by atoms with Gasteiger partial charge in [-0.2, -0.15) is 0 Å². The van der Waals surface area contributed by atoms with Gasteiger partial charge in [-0.05, 0) is 17.7 Å². The molecule has 2 heterocycles. The fourth-order valence-electron chi connectivity index (χ4n) is 2.35. The van der Waals surface area contributed by atoms with E-state index in [1.807, 2.05) is 13.0 Å². The normalized spacial score (nSPS) is 17.6. The van der Waals surface area contributed by atoms with Crippen molar-refractivity contribution < 1.29 is 9.15 Å². The Morgan fingerprint density at radius 2 is 2.26 bits per heavy atom. The van der Waals surface area contributed by atoms with Crippen molar-refractivity contribution in [2.24, 2.45) is 11.1 Å². The van der Waals surface area contributed by atoms with Gasteiger partial charge in [-0.25, -0.2) is 4.98 Å². The second kappa shape index (κ2) is 4.92. The van der Waals surface area contributed by atoms with Crippen LogP contribution in [-0.2, 0) is 11.3 Å². The van der Waals surface area contributed by atoms with Crippen molar-refractivity contribution in [3.63, 3.8) is 0 Å². The van der Waals surface area contributed by atoms with Gasteiger partial charge < -0.3 is 20.2 Å². The van der Waals surface area contributed by atoms with Crippen molar-refractivity contribution in [2.75, 3.05) is 26.3 Å². The van der Waals surface area contributed by atoms with Crippen LogP contribution in [0, 0.1) is 12.3 Å². The van der Waals surface area contributed by atoms with Gasteiger partial charge in [0.1, 0.15) is 5.52 Å². The Kier molecular flexibility index (Phi) is 3.26. The van der Waals surface area contributed by atoms with E-state index in [1.54, 1.807) is 0 Å². The highest BCUT2D eigenvalue weighted by Gasteiger charge is 2.36. The molecule has 0 aliphatic carbocycles. The smallest absolute Gasteiger partial charge is 0.192 e. The third-order valence-corrected chi connectivity index (χ3v) is 3.64. The van der Waals surface area contributed by atoms with Crippen LogP contribution < -0.4 is 11.1 Å². The zero-order chi connectivity index (χ0) is 13.3. The SMILES string of the molecule is Cc1nc2cc(CNCC3(CN)COC3)ccc2o1. The number of oxazole rings is 1. The number of hydrogen-bond acceptors (Lipinski definition) is 5. The lowest BCUT2D eigenvalue weighted by atomic mass is 9.86. The number of aryl methyl sites for hydroxylation is 1. The quantitative estimate of drug-likeness (QED) is 0.846. The highest BCUT2D eigenvalue weighted by molar-refractivity contribution is 5.73. The lowest BCUT2D eigenvalue weighted by Crippen LogP contribution is -2.54. The maximum atomic E-state index is 5.78. The highest BCUT2D eigenvalue weighted by Crippen LogP contribution is 2.25. The Morgan fingerprint density at radius 1 is 1.42 bits per heavy atom. The van der Waals surface area contributed by atoms with E-state index in [2.05, 4.69) is 22.4 Å². The van der Waals surface area contributed by atoms with Gasteiger partial charge in [-0.3, -0.25) is 0 Å². The van der Waals surface area contributed by atoms with Crippen molar-refractivity contribution in [3.05, 3.63) is 29.7 Å². The van der Waals surface area contributed by atoms with Crippen molar-refractivity contribution in [1.82, 2.24) is 10.3 Å². The maximum Gasteiger partial charge on any atom is 0.192 e. The van der Waals surface area contributed by atoms with Gasteiger partial charge >= 0.3 is 0 Å². The van der Waals surface area contributed by atoms with Crippen molar-refractivity contribution in [2.45, 2.75) is 13.5 Å². The number of aromatic nitrogens is 1. The molecule has 1 aliphatic rings. The fourth-order valence-corrected chi connectivity index (χ4v) is 2.35. The Labute approximate surface area is 112 Å². The summed E-state index contributed by atoms with van der Waals surface area (Å²) >= 11 is 0. The number of fused-ring (bicyclic) bond motifs is 1. The van der Waals surface area contributed by atoms with Crippen LogP contribution in [0.1, 0.15) is 11.5 Å². The molecule has 2 aromatic rings. The Bertz CT molecular complexity index is 570. The monoisotopic (exact) mass is 261 g/mol. The van der Waals surface area contributed by atoms with E-state index in [1.165, 1.54) is 5.56 Å². The van der Waals surface area contributed by atoms with E-state index in [-0.39, 0.29) is 5.41 Å². The van der Waals surface area contributed by atoms with Crippen LogP contribution in [0.15, 0.2) is 22.6 Å². The molecule has 0 atom stereocenters. The Hall–Kier alpha value is -1.43. The molecule has 0 spiro atoms. The van der Waals surface area contributed by atoms with Crippen molar-refractivity contribution >= 4 is 11.1 Å².